The molecule has 1 amide bonds. The summed E-state index contributed by atoms with van der Waals surface area (Å²) in [6, 6.07) is 7.73. The maximum atomic E-state index is 12.2. The van der Waals surface area contributed by atoms with Crippen molar-refractivity contribution in [2.75, 3.05) is 11.9 Å². The SMILES string of the molecule is CC1CCCC(C(=O)Nc2ccc(CCO)cc2)C1. The van der Waals surface area contributed by atoms with E-state index in [-0.39, 0.29) is 18.4 Å². The molecule has 3 nitrogen and oxygen atoms in total. The Kier molecular flexibility index (Phi) is 4.97. The zero-order valence-electron chi connectivity index (χ0n) is 11.6. The van der Waals surface area contributed by atoms with Gasteiger partial charge in [-0.3, -0.25) is 4.79 Å². The molecule has 1 aromatic rings. The number of anilines is 1. The van der Waals surface area contributed by atoms with Crippen molar-refractivity contribution in [3.8, 4) is 0 Å². The van der Waals surface area contributed by atoms with Crippen molar-refractivity contribution in [1.82, 2.24) is 0 Å². The van der Waals surface area contributed by atoms with Gasteiger partial charge in [-0.25, -0.2) is 0 Å². The van der Waals surface area contributed by atoms with E-state index in [1.807, 2.05) is 24.3 Å². The Labute approximate surface area is 115 Å². The summed E-state index contributed by atoms with van der Waals surface area (Å²) < 4.78 is 0. The molecule has 2 atom stereocenters. The Balaban J connectivity index is 1.90. The Hall–Kier alpha value is -1.35. The van der Waals surface area contributed by atoms with Gasteiger partial charge in [-0.05, 0) is 42.9 Å². The van der Waals surface area contributed by atoms with E-state index in [1.165, 1.54) is 6.42 Å². The largest absolute Gasteiger partial charge is 0.396 e. The number of rotatable bonds is 4. The van der Waals surface area contributed by atoms with Gasteiger partial charge in [-0.1, -0.05) is 31.9 Å². The number of aliphatic hydroxyl groups is 1. The molecule has 0 aliphatic heterocycles. The number of benzene rings is 1. The third-order valence-electron chi connectivity index (χ3n) is 3.93. The monoisotopic (exact) mass is 261 g/mol. The van der Waals surface area contributed by atoms with E-state index in [0.717, 1.165) is 30.5 Å². The minimum Gasteiger partial charge on any atom is -0.396 e. The number of carbonyl (C=O) groups is 1. The normalized spacial score (nSPS) is 23.1. The number of amides is 1. The highest BCUT2D eigenvalue weighted by Gasteiger charge is 2.24. The fourth-order valence-corrected chi connectivity index (χ4v) is 2.80. The van der Waals surface area contributed by atoms with E-state index < -0.39 is 0 Å². The molecule has 0 saturated heterocycles. The first-order valence-electron chi connectivity index (χ1n) is 7.19. The van der Waals surface area contributed by atoms with Crippen LogP contribution in [0.25, 0.3) is 0 Å². The lowest BCUT2D eigenvalue weighted by molar-refractivity contribution is -0.121. The summed E-state index contributed by atoms with van der Waals surface area (Å²) in [5, 5.41) is 11.9. The summed E-state index contributed by atoms with van der Waals surface area (Å²) >= 11 is 0. The van der Waals surface area contributed by atoms with Crippen LogP contribution in [0.3, 0.4) is 0 Å². The molecular weight excluding hydrogens is 238 g/mol. The lowest BCUT2D eigenvalue weighted by Crippen LogP contribution is -2.27. The quantitative estimate of drug-likeness (QED) is 0.875. The van der Waals surface area contributed by atoms with Crippen molar-refractivity contribution in [2.24, 2.45) is 11.8 Å². The highest BCUT2D eigenvalue weighted by Crippen LogP contribution is 2.29. The number of hydrogen-bond acceptors (Lipinski definition) is 2. The summed E-state index contributed by atoms with van der Waals surface area (Å²) in [5.74, 6) is 0.985. The Morgan fingerprint density at radius 2 is 2.05 bits per heavy atom. The second-order valence-corrected chi connectivity index (χ2v) is 5.63. The molecule has 0 radical (unpaired) electrons. The van der Waals surface area contributed by atoms with Gasteiger partial charge >= 0.3 is 0 Å². The van der Waals surface area contributed by atoms with E-state index in [0.29, 0.717) is 12.3 Å². The first kappa shape index (κ1) is 14.1. The van der Waals surface area contributed by atoms with Gasteiger partial charge in [0.15, 0.2) is 0 Å². The molecule has 0 heterocycles. The fraction of sp³-hybridized carbons (Fsp3) is 0.562. The number of carbonyl (C=O) groups excluding carboxylic acids is 1. The van der Waals surface area contributed by atoms with Gasteiger partial charge in [0.1, 0.15) is 0 Å². The molecule has 104 valence electrons. The van der Waals surface area contributed by atoms with E-state index >= 15 is 0 Å². The molecule has 0 bridgehead atoms. The second-order valence-electron chi connectivity index (χ2n) is 5.63. The first-order chi connectivity index (χ1) is 9.19. The van der Waals surface area contributed by atoms with Crippen LogP contribution in [-0.2, 0) is 11.2 Å². The maximum absolute atomic E-state index is 12.2. The van der Waals surface area contributed by atoms with Crippen LogP contribution in [0, 0.1) is 11.8 Å². The molecule has 2 unspecified atom stereocenters. The van der Waals surface area contributed by atoms with Gasteiger partial charge in [0, 0.05) is 18.2 Å². The van der Waals surface area contributed by atoms with Crippen LogP contribution in [0.15, 0.2) is 24.3 Å². The van der Waals surface area contributed by atoms with Crippen LogP contribution in [-0.4, -0.2) is 17.6 Å². The van der Waals surface area contributed by atoms with Gasteiger partial charge in [-0.2, -0.15) is 0 Å². The molecule has 1 aliphatic rings. The number of aliphatic hydroxyl groups excluding tert-OH is 1. The van der Waals surface area contributed by atoms with Crippen molar-refractivity contribution in [1.29, 1.82) is 0 Å². The van der Waals surface area contributed by atoms with Crippen molar-refractivity contribution < 1.29 is 9.90 Å². The molecule has 2 rings (SSSR count). The highest BCUT2D eigenvalue weighted by molar-refractivity contribution is 5.92. The van der Waals surface area contributed by atoms with Crippen molar-refractivity contribution >= 4 is 11.6 Å². The van der Waals surface area contributed by atoms with Crippen LogP contribution >= 0.6 is 0 Å². The molecule has 1 saturated carbocycles. The minimum atomic E-state index is 0.154. The van der Waals surface area contributed by atoms with Crippen molar-refractivity contribution in [2.45, 2.75) is 39.0 Å². The summed E-state index contributed by atoms with van der Waals surface area (Å²) in [6.45, 7) is 2.38. The lowest BCUT2D eigenvalue weighted by Gasteiger charge is -2.25. The molecule has 1 aliphatic carbocycles. The van der Waals surface area contributed by atoms with Crippen LogP contribution in [0.2, 0.25) is 0 Å². The summed E-state index contributed by atoms with van der Waals surface area (Å²) in [6.07, 6.45) is 5.09. The summed E-state index contributed by atoms with van der Waals surface area (Å²) in [4.78, 5) is 12.2. The number of nitrogens with one attached hydrogen (secondary N) is 1. The molecule has 1 aromatic carbocycles. The predicted molar refractivity (Wildman–Crippen MR) is 77.0 cm³/mol. The fourth-order valence-electron chi connectivity index (χ4n) is 2.80. The molecular formula is C16H23NO2. The average molecular weight is 261 g/mol. The summed E-state index contributed by atoms with van der Waals surface area (Å²) in [7, 11) is 0. The summed E-state index contributed by atoms with van der Waals surface area (Å²) in [5.41, 5.74) is 1.94. The van der Waals surface area contributed by atoms with E-state index in [1.54, 1.807) is 0 Å². The third kappa shape index (κ3) is 4.06. The molecule has 2 N–H and O–H groups in total. The van der Waals surface area contributed by atoms with Gasteiger partial charge < -0.3 is 10.4 Å². The topological polar surface area (TPSA) is 49.3 Å². The molecule has 19 heavy (non-hydrogen) atoms. The number of hydrogen-bond donors (Lipinski definition) is 2. The average Bonchev–Trinajstić information content (AvgIpc) is 2.41. The minimum absolute atomic E-state index is 0.154. The van der Waals surface area contributed by atoms with Crippen LogP contribution in [0.4, 0.5) is 5.69 Å². The van der Waals surface area contributed by atoms with Gasteiger partial charge in [0.25, 0.3) is 0 Å². The van der Waals surface area contributed by atoms with Crippen LogP contribution in [0.5, 0.6) is 0 Å². The third-order valence-corrected chi connectivity index (χ3v) is 3.93. The Bertz CT molecular complexity index is 413. The van der Waals surface area contributed by atoms with Crippen LogP contribution < -0.4 is 5.32 Å². The zero-order valence-corrected chi connectivity index (χ0v) is 11.6. The highest BCUT2D eigenvalue weighted by atomic mass is 16.2. The molecule has 3 heteroatoms. The zero-order chi connectivity index (χ0) is 13.7. The smallest absolute Gasteiger partial charge is 0.227 e. The first-order valence-corrected chi connectivity index (χ1v) is 7.19. The molecule has 1 fully saturated rings. The molecule has 0 aromatic heterocycles. The lowest BCUT2D eigenvalue weighted by atomic mass is 9.82. The van der Waals surface area contributed by atoms with Gasteiger partial charge in [-0.15, -0.1) is 0 Å². The van der Waals surface area contributed by atoms with Crippen molar-refractivity contribution in [3.63, 3.8) is 0 Å². The second kappa shape index (κ2) is 6.71. The van der Waals surface area contributed by atoms with E-state index in [9.17, 15) is 4.79 Å². The van der Waals surface area contributed by atoms with E-state index in [2.05, 4.69) is 12.2 Å². The Morgan fingerprint density at radius 1 is 1.32 bits per heavy atom. The van der Waals surface area contributed by atoms with E-state index in [4.69, 9.17) is 5.11 Å². The van der Waals surface area contributed by atoms with Crippen molar-refractivity contribution in [3.05, 3.63) is 29.8 Å². The van der Waals surface area contributed by atoms with Gasteiger partial charge in [0.2, 0.25) is 5.91 Å². The van der Waals surface area contributed by atoms with Gasteiger partial charge in [0.05, 0.1) is 0 Å². The predicted octanol–water partition coefficient (Wildman–Crippen LogP) is 2.99. The van der Waals surface area contributed by atoms with Crippen LogP contribution in [0.1, 0.15) is 38.2 Å². The Morgan fingerprint density at radius 3 is 2.68 bits per heavy atom. The maximum Gasteiger partial charge on any atom is 0.227 e. The standard InChI is InChI=1S/C16H23NO2/c1-12-3-2-4-14(11-12)16(19)17-15-7-5-13(6-8-15)9-10-18/h5-8,12,14,18H,2-4,9-11H2,1H3,(H,17,19). The molecule has 0 spiro atoms.